The molecule has 3 aromatic carbocycles. The van der Waals surface area contributed by atoms with E-state index >= 15 is 0 Å². The van der Waals surface area contributed by atoms with Crippen molar-refractivity contribution in [3.8, 4) is 16.9 Å². The molecule has 1 aliphatic heterocycles. The second-order valence-corrected chi connectivity index (χ2v) is 7.13. The predicted octanol–water partition coefficient (Wildman–Crippen LogP) is 5.26. The van der Waals surface area contributed by atoms with Gasteiger partial charge in [0, 0.05) is 17.3 Å². The molecule has 1 aliphatic rings. The van der Waals surface area contributed by atoms with E-state index in [0.29, 0.717) is 33.8 Å². The lowest BCUT2D eigenvalue weighted by atomic mass is 9.96. The monoisotopic (exact) mass is 426 g/mol. The van der Waals surface area contributed by atoms with E-state index in [1.165, 1.54) is 12.1 Å². The molecule has 0 spiro atoms. The normalized spacial score (nSPS) is 13.1. The maximum Gasteiger partial charge on any atom is 0.416 e. The Labute approximate surface area is 175 Å². The van der Waals surface area contributed by atoms with Gasteiger partial charge in [-0.2, -0.15) is 13.2 Å². The fraction of sp³-hybridized carbons (Fsp3) is 0.130. The summed E-state index contributed by atoms with van der Waals surface area (Å²) in [5, 5.41) is 5.44. The summed E-state index contributed by atoms with van der Waals surface area (Å²) in [5.41, 5.74) is 2.41. The van der Waals surface area contributed by atoms with Gasteiger partial charge in [-0.1, -0.05) is 29.8 Å². The van der Waals surface area contributed by atoms with Crippen molar-refractivity contribution < 1.29 is 27.5 Å². The highest BCUT2D eigenvalue weighted by molar-refractivity contribution is 6.09. The third kappa shape index (κ3) is 4.37. The summed E-state index contributed by atoms with van der Waals surface area (Å²) in [6, 6.07) is 14.7. The zero-order valence-corrected chi connectivity index (χ0v) is 16.3. The van der Waals surface area contributed by atoms with Gasteiger partial charge in [0.1, 0.15) is 5.75 Å². The highest BCUT2D eigenvalue weighted by atomic mass is 19.4. The maximum absolute atomic E-state index is 13.0. The van der Waals surface area contributed by atoms with Gasteiger partial charge in [-0.05, 0) is 48.4 Å². The van der Waals surface area contributed by atoms with Crippen LogP contribution in [0.2, 0.25) is 0 Å². The minimum Gasteiger partial charge on any atom is -0.482 e. The Kier molecular flexibility index (Phi) is 5.14. The summed E-state index contributed by atoms with van der Waals surface area (Å²) in [7, 11) is 0. The number of hydrogen-bond donors (Lipinski definition) is 2. The van der Waals surface area contributed by atoms with Gasteiger partial charge in [0.05, 0.1) is 11.3 Å². The van der Waals surface area contributed by atoms with Gasteiger partial charge in [-0.3, -0.25) is 9.59 Å². The Morgan fingerprint density at radius 2 is 1.77 bits per heavy atom. The second-order valence-electron chi connectivity index (χ2n) is 7.13. The molecule has 0 saturated heterocycles. The molecule has 0 saturated carbocycles. The molecular formula is C23H17F3N2O3. The van der Waals surface area contributed by atoms with Crippen LogP contribution in [0.1, 0.15) is 21.5 Å². The van der Waals surface area contributed by atoms with Crippen molar-refractivity contribution in [2.24, 2.45) is 0 Å². The lowest BCUT2D eigenvalue weighted by Crippen LogP contribution is -2.25. The summed E-state index contributed by atoms with van der Waals surface area (Å²) in [6.45, 7) is 1.73. The van der Waals surface area contributed by atoms with Crippen LogP contribution in [0.25, 0.3) is 11.1 Å². The van der Waals surface area contributed by atoms with Gasteiger partial charge in [0.15, 0.2) is 6.61 Å². The molecule has 0 atom stereocenters. The summed E-state index contributed by atoms with van der Waals surface area (Å²) in [6.07, 6.45) is -4.43. The molecule has 2 N–H and O–H groups in total. The third-order valence-electron chi connectivity index (χ3n) is 4.82. The van der Waals surface area contributed by atoms with Gasteiger partial charge in [0.25, 0.3) is 11.8 Å². The van der Waals surface area contributed by atoms with Crippen molar-refractivity contribution in [1.29, 1.82) is 0 Å². The van der Waals surface area contributed by atoms with Crippen LogP contribution < -0.4 is 15.4 Å². The first-order valence-corrected chi connectivity index (χ1v) is 9.37. The van der Waals surface area contributed by atoms with Gasteiger partial charge < -0.3 is 15.4 Å². The molecule has 0 fully saturated rings. The zero-order chi connectivity index (χ0) is 22.2. The van der Waals surface area contributed by atoms with Crippen molar-refractivity contribution in [3.05, 3.63) is 77.4 Å². The molecule has 4 rings (SSSR count). The number of amides is 2. The minimum absolute atomic E-state index is 0.111. The summed E-state index contributed by atoms with van der Waals surface area (Å²) < 4.78 is 44.0. The Bertz CT molecular complexity index is 1170. The third-order valence-corrected chi connectivity index (χ3v) is 4.82. The first-order valence-electron chi connectivity index (χ1n) is 9.37. The van der Waals surface area contributed by atoms with E-state index in [0.717, 1.165) is 17.7 Å². The van der Waals surface area contributed by atoms with Gasteiger partial charge in [0.2, 0.25) is 0 Å². The number of benzene rings is 3. The van der Waals surface area contributed by atoms with E-state index in [-0.39, 0.29) is 12.5 Å². The number of halogens is 3. The van der Waals surface area contributed by atoms with Crippen molar-refractivity contribution in [2.45, 2.75) is 13.1 Å². The van der Waals surface area contributed by atoms with Crippen LogP contribution in [0.15, 0.2) is 60.7 Å². The minimum atomic E-state index is -4.43. The molecule has 3 aromatic rings. The van der Waals surface area contributed by atoms with Crippen LogP contribution >= 0.6 is 0 Å². The Morgan fingerprint density at radius 1 is 1.03 bits per heavy atom. The molecule has 0 bridgehead atoms. The quantitative estimate of drug-likeness (QED) is 0.600. The van der Waals surface area contributed by atoms with Crippen molar-refractivity contribution in [2.75, 3.05) is 17.2 Å². The molecule has 31 heavy (non-hydrogen) atoms. The van der Waals surface area contributed by atoms with E-state index in [4.69, 9.17) is 4.74 Å². The molecule has 0 unspecified atom stereocenters. The Balaban J connectivity index is 1.63. The molecule has 8 heteroatoms. The van der Waals surface area contributed by atoms with E-state index in [9.17, 15) is 22.8 Å². The SMILES string of the molecule is Cc1ccc(C(=O)Nc2ccc3c(c2)OCC(=O)N3)c(-c2ccc(C(F)(F)F)cc2)c1. The van der Waals surface area contributed by atoms with Gasteiger partial charge in [-0.15, -0.1) is 0 Å². The highest BCUT2D eigenvalue weighted by Gasteiger charge is 2.30. The summed E-state index contributed by atoms with van der Waals surface area (Å²) >= 11 is 0. The average Bonchev–Trinajstić information content (AvgIpc) is 2.73. The number of rotatable bonds is 3. The van der Waals surface area contributed by atoms with Crippen molar-refractivity contribution >= 4 is 23.2 Å². The van der Waals surface area contributed by atoms with E-state index in [1.54, 1.807) is 36.4 Å². The molecular weight excluding hydrogens is 409 g/mol. The number of carbonyl (C=O) groups is 2. The van der Waals surface area contributed by atoms with Crippen LogP contribution in [0.3, 0.4) is 0 Å². The molecule has 0 radical (unpaired) electrons. The van der Waals surface area contributed by atoms with Crippen LogP contribution in [-0.2, 0) is 11.0 Å². The van der Waals surface area contributed by atoms with Crippen LogP contribution in [-0.4, -0.2) is 18.4 Å². The molecule has 0 aliphatic carbocycles. The number of hydrogen-bond acceptors (Lipinski definition) is 3. The summed E-state index contributed by atoms with van der Waals surface area (Å²) in [4.78, 5) is 24.3. The molecule has 1 heterocycles. The average molecular weight is 426 g/mol. The van der Waals surface area contributed by atoms with E-state index < -0.39 is 17.6 Å². The number of fused-ring (bicyclic) bond motifs is 1. The molecule has 158 valence electrons. The van der Waals surface area contributed by atoms with Crippen molar-refractivity contribution in [1.82, 2.24) is 0 Å². The smallest absolute Gasteiger partial charge is 0.416 e. The van der Waals surface area contributed by atoms with E-state index in [2.05, 4.69) is 10.6 Å². The topological polar surface area (TPSA) is 67.4 Å². The number of ether oxygens (including phenoxy) is 1. The Hall–Kier alpha value is -3.81. The van der Waals surface area contributed by atoms with Crippen LogP contribution in [0.5, 0.6) is 5.75 Å². The lowest BCUT2D eigenvalue weighted by Gasteiger charge is -2.19. The first-order chi connectivity index (χ1) is 14.7. The zero-order valence-electron chi connectivity index (χ0n) is 16.3. The predicted molar refractivity (Wildman–Crippen MR) is 110 cm³/mol. The van der Waals surface area contributed by atoms with Crippen LogP contribution in [0.4, 0.5) is 24.5 Å². The van der Waals surface area contributed by atoms with Gasteiger partial charge >= 0.3 is 6.18 Å². The van der Waals surface area contributed by atoms with Gasteiger partial charge in [-0.25, -0.2) is 0 Å². The first kappa shape index (κ1) is 20.5. The summed E-state index contributed by atoms with van der Waals surface area (Å²) in [5.74, 6) is -0.246. The fourth-order valence-corrected chi connectivity index (χ4v) is 3.28. The standard InChI is InChI=1S/C23H17F3N2O3/c1-13-2-8-17(18(10-13)14-3-5-15(6-4-14)23(24,25)26)22(30)27-16-7-9-19-20(11-16)31-12-21(29)28-19/h2-11H,12H2,1H3,(H,27,30)(H,28,29). The highest BCUT2D eigenvalue weighted by Crippen LogP contribution is 2.33. The number of aryl methyl sites for hydroxylation is 1. The number of carbonyl (C=O) groups excluding carboxylic acids is 2. The largest absolute Gasteiger partial charge is 0.482 e. The number of anilines is 2. The molecule has 0 aromatic heterocycles. The molecule has 5 nitrogen and oxygen atoms in total. The Morgan fingerprint density at radius 3 is 2.48 bits per heavy atom. The van der Waals surface area contributed by atoms with E-state index in [1.807, 2.05) is 6.92 Å². The number of nitrogens with one attached hydrogen (secondary N) is 2. The maximum atomic E-state index is 13.0. The molecule has 2 amide bonds. The van der Waals surface area contributed by atoms with Crippen LogP contribution in [0, 0.1) is 6.92 Å². The lowest BCUT2D eigenvalue weighted by molar-refractivity contribution is -0.137. The number of alkyl halides is 3. The van der Waals surface area contributed by atoms with Crippen molar-refractivity contribution in [3.63, 3.8) is 0 Å². The fourth-order valence-electron chi connectivity index (χ4n) is 3.28. The second kappa shape index (κ2) is 7.79.